The smallest absolute Gasteiger partial charge is 0.249 e. The average molecular weight is 349 g/mol. The first-order valence-electron chi connectivity index (χ1n) is 6.72. The van der Waals surface area contributed by atoms with Gasteiger partial charge in [0.1, 0.15) is 0 Å². The predicted molar refractivity (Wildman–Crippen MR) is 93.8 cm³/mol. The highest BCUT2D eigenvalue weighted by Crippen LogP contribution is 2.25. The van der Waals surface area contributed by atoms with E-state index in [1.165, 1.54) is 12.2 Å². The van der Waals surface area contributed by atoms with Gasteiger partial charge in [-0.2, -0.15) is 0 Å². The number of hydrogen-bond donors (Lipinski definition) is 2. The zero-order valence-corrected chi connectivity index (χ0v) is 13.8. The van der Waals surface area contributed by atoms with Crippen LogP contribution in [0.25, 0.3) is 6.08 Å². The third-order valence-corrected chi connectivity index (χ3v) is 3.92. The number of carbonyl (C=O) groups excluding carboxylic acids is 2. The lowest BCUT2D eigenvalue weighted by Gasteiger charge is -2.09. The molecule has 0 aliphatic rings. The molecule has 4 nitrogen and oxygen atoms in total. The molecule has 0 aliphatic carbocycles. The van der Waals surface area contributed by atoms with Gasteiger partial charge in [-0.15, -0.1) is 0 Å². The van der Waals surface area contributed by atoms with E-state index in [0.29, 0.717) is 32.4 Å². The maximum absolute atomic E-state index is 12.0. The summed E-state index contributed by atoms with van der Waals surface area (Å²) in [5.41, 5.74) is 7.34. The number of hydrogen-bond acceptors (Lipinski definition) is 2. The molecule has 0 atom stereocenters. The van der Waals surface area contributed by atoms with Crippen molar-refractivity contribution >= 4 is 46.8 Å². The standard InChI is InChI=1S/C17H14Cl2N2O2/c1-10-11(17(20)23)4-2-7-15(10)21-16(22)9-8-12-13(18)5-3-6-14(12)19/h2-9H,1H3,(H2,20,23)(H,21,22)/b9-8+. The molecule has 2 amide bonds. The number of nitrogens with two attached hydrogens (primary N) is 1. The number of halogens is 2. The summed E-state index contributed by atoms with van der Waals surface area (Å²) in [6.45, 7) is 1.71. The molecule has 0 aromatic heterocycles. The molecule has 0 radical (unpaired) electrons. The number of primary amides is 1. The largest absolute Gasteiger partial charge is 0.366 e. The quantitative estimate of drug-likeness (QED) is 0.818. The Morgan fingerprint density at radius 1 is 1.09 bits per heavy atom. The Kier molecular flexibility index (Phi) is 5.42. The van der Waals surface area contributed by atoms with Gasteiger partial charge in [0.2, 0.25) is 11.8 Å². The second-order valence-electron chi connectivity index (χ2n) is 4.80. The van der Waals surface area contributed by atoms with Gasteiger partial charge >= 0.3 is 0 Å². The molecule has 23 heavy (non-hydrogen) atoms. The minimum Gasteiger partial charge on any atom is -0.366 e. The van der Waals surface area contributed by atoms with Gasteiger partial charge in [0.15, 0.2) is 0 Å². The normalized spacial score (nSPS) is 10.7. The molecule has 0 heterocycles. The highest BCUT2D eigenvalue weighted by molar-refractivity contribution is 6.37. The summed E-state index contributed by atoms with van der Waals surface area (Å²) < 4.78 is 0. The van der Waals surface area contributed by atoms with Gasteiger partial charge in [0.05, 0.1) is 0 Å². The van der Waals surface area contributed by atoms with Crippen LogP contribution in [0.3, 0.4) is 0 Å². The first-order valence-corrected chi connectivity index (χ1v) is 7.48. The molecule has 0 fully saturated rings. The molecule has 0 spiro atoms. The maximum Gasteiger partial charge on any atom is 0.249 e. The number of amides is 2. The second kappa shape index (κ2) is 7.31. The highest BCUT2D eigenvalue weighted by Gasteiger charge is 2.10. The van der Waals surface area contributed by atoms with Crippen LogP contribution >= 0.6 is 23.2 Å². The fourth-order valence-electron chi connectivity index (χ4n) is 2.04. The minimum absolute atomic E-state index is 0.362. The summed E-state index contributed by atoms with van der Waals surface area (Å²) in [4.78, 5) is 23.4. The van der Waals surface area contributed by atoms with Crippen LogP contribution < -0.4 is 11.1 Å². The molecule has 0 unspecified atom stereocenters. The van der Waals surface area contributed by atoms with Crippen LogP contribution in [-0.2, 0) is 4.79 Å². The highest BCUT2D eigenvalue weighted by atomic mass is 35.5. The Labute approximate surface area is 143 Å². The van der Waals surface area contributed by atoms with E-state index in [9.17, 15) is 9.59 Å². The lowest BCUT2D eigenvalue weighted by molar-refractivity contribution is -0.111. The van der Waals surface area contributed by atoms with E-state index in [4.69, 9.17) is 28.9 Å². The third kappa shape index (κ3) is 4.12. The fraction of sp³-hybridized carbons (Fsp3) is 0.0588. The monoisotopic (exact) mass is 348 g/mol. The summed E-state index contributed by atoms with van der Waals surface area (Å²) in [5, 5.41) is 3.60. The van der Waals surface area contributed by atoms with Crippen molar-refractivity contribution in [2.45, 2.75) is 6.92 Å². The van der Waals surface area contributed by atoms with Gasteiger partial charge in [-0.3, -0.25) is 9.59 Å². The Hall–Kier alpha value is -2.30. The van der Waals surface area contributed by atoms with Crippen molar-refractivity contribution in [1.82, 2.24) is 0 Å². The number of rotatable bonds is 4. The molecule has 0 aliphatic heterocycles. The Morgan fingerprint density at radius 2 is 1.70 bits per heavy atom. The molecular formula is C17H14Cl2N2O2. The molecule has 0 saturated heterocycles. The second-order valence-corrected chi connectivity index (χ2v) is 5.61. The van der Waals surface area contributed by atoms with Gasteiger partial charge in [0, 0.05) is 32.9 Å². The maximum atomic E-state index is 12.0. The number of nitrogens with one attached hydrogen (secondary N) is 1. The third-order valence-electron chi connectivity index (χ3n) is 3.26. The first-order chi connectivity index (χ1) is 10.9. The summed E-state index contributed by atoms with van der Waals surface area (Å²) >= 11 is 12.1. The van der Waals surface area contributed by atoms with Gasteiger partial charge < -0.3 is 11.1 Å². The van der Waals surface area contributed by atoms with Crippen molar-refractivity contribution in [2.24, 2.45) is 5.73 Å². The molecule has 2 rings (SSSR count). The molecule has 0 bridgehead atoms. The van der Waals surface area contributed by atoms with Gasteiger partial charge in [-0.05, 0) is 42.8 Å². The number of anilines is 1. The van der Waals surface area contributed by atoms with Crippen molar-refractivity contribution in [3.63, 3.8) is 0 Å². The van der Waals surface area contributed by atoms with Crippen LogP contribution in [0.5, 0.6) is 0 Å². The predicted octanol–water partition coefficient (Wildman–Crippen LogP) is 4.05. The number of benzene rings is 2. The van der Waals surface area contributed by atoms with Crippen molar-refractivity contribution in [1.29, 1.82) is 0 Å². The van der Waals surface area contributed by atoms with E-state index in [2.05, 4.69) is 5.32 Å². The van der Waals surface area contributed by atoms with Gasteiger partial charge in [0.25, 0.3) is 0 Å². The Bertz CT molecular complexity index is 781. The zero-order chi connectivity index (χ0) is 17.0. The molecular weight excluding hydrogens is 335 g/mol. The SMILES string of the molecule is Cc1c(NC(=O)/C=C/c2c(Cl)cccc2Cl)cccc1C(N)=O. The van der Waals surface area contributed by atoms with E-state index < -0.39 is 5.91 Å². The molecule has 2 aromatic rings. The summed E-state index contributed by atoms with van der Waals surface area (Å²) in [6, 6.07) is 10.0. The van der Waals surface area contributed by atoms with Crippen molar-refractivity contribution < 1.29 is 9.59 Å². The van der Waals surface area contributed by atoms with Gasteiger partial charge in [-0.25, -0.2) is 0 Å². The van der Waals surface area contributed by atoms with Crippen LogP contribution in [0, 0.1) is 6.92 Å². The van der Waals surface area contributed by atoms with Crippen LogP contribution in [0.1, 0.15) is 21.5 Å². The lowest BCUT2D eigenvalue weighted by Crippen LogP contribution is -2.15. The van der Waals surface area contributed by atoms with E-state index in [1.807, 2.05) is 0 Å². The Balaban J connectivity index is 2.19. The molecule has 2 aromatic carbocycles. The average Bonchev–Trinajstić information content (AvgIpc) is 2.48. The molecule has 118 valence electrons. The lowest BCUT2D eigenvalue weighted by atomic mass is 10.1. The Morgan fingerprint density at radius 3 is 2.30 bits per heavy atom. The first kappa shape index (κ1) is 17.1. The van der Waals surface area contributed by atoms with Crippen molar-refractivity contribution in [3.8, 4) is 0 Å². The van der Waals surface area contributed by atoms with Crippen LogP contribution in [-0.4, -0.2) is 11.8 Å². The zero-order valence-electron chi connectivity index (χ0n) is 12.3. The van der Waals surface area contributed by atoms with Crippen LogP contribution in [0.2, 0.25) is 10.0 Å². The topological polar surface area (TPSA) is 72.2 Å². The number of carbonyl (C=O) groups is 2. The fourth-order valence-corrected chi connectivity index (χ4v) is 2.56. The van der Waals surface area contributed by atoms with Crippen molar-refractivity contribution in [3.05, 3.63) is 69.2 Å². The van der Waals surface area contributed by atoms with E-state index in [0.717, 1.165) is 0 Å². The summed E-state index contributed by atoms with van der Waals surface area (Å²) in [5.74, 6) is -0.914. The van der Waals surface area contributed by atoms with E-state index in [1.54, 1.807) is 43.3 Å². The minimum atomic E-state index is -0.544. The molecule has 3 N–H and O–H groups in total. The summed E-state index contributed by atoms with van der Waals surface area (Å²) in [6.07, 6.45) is 2.86. The van der Waals surface area contributed by atoms with E-state index in [-0.39, 0.29) is 5.91 Å². The van der Waals surface area contributed by atoms with Crippen molar-refractivity contribution in [2.75, 3.05) is 5.32 Å². The van der Waals surface area contributed by atoms with E-state index >= 15 is 0 Å². The van der Waals surface area contributed by atoms with Gasteiger partial charge in [-0.1, -0.05) is 35.3 Å². The van der Waals surface area contributed by atoms with Crippen LogP contribution in [0.15, 0.2) is 42.5 Å². The molecule has 0 saturated carbocycles. The summed E-state index contributed by atoms with van der Waals surface area (Å²) in [7, 11) is 0. The molecule has 6 heteroatoms. The van der Waals surface area contributed by atoms with Crippen LogP contribution in [0.4, 0.5) is 5.69 Å².